The van der Waals surface area contributed by atoms with Gasteiger partial charge in [-0.25, -0.2) is 0 Å². The first-order chi connectivity index (χ1) is 8.11. The SMILES string of the molecule is CCn1ncc(Br)c1C(C)C(C)NCCOC. The van der Waals surface area contributed by atoms with Crippen molar-refractivity contribution in [2.24, 2.45) is 0 Å². The van der Waals surface area contributed by atoms with Crippen molar-refractivity contribution < 1.29 is 4.74 Å². The molecule has 98 valence electrons. The lowest BCUT2D eigenvalue weighted by Crippen LogP contribution is -2.34. The van der Waals surface area contributed by atoms with E-state index in [-0.39, 0.29) is 0 Å². The van der Waals surface area contributed by atoms with Crippen molar-refractivity contribution in [2.75, 3.05) is 20.3 Å². The minimum absolute atomic E-state index is 0.392. The van der Waals surface area contributed by atoms with Crippen LogP contribution in [-0.2, 0) is 11.3 Å². The quantitative estimate of drug-likeness (QED) is 0.786. The zero-order valence-corrected chi connectivity index (χ0v) is 12.6. The summed E-state index contributed by atoms with van der Waals surface area (Å²) in [5.74, 6) is 0.406. The lowest BCUT2D eigenvalue weighted by molar-refractivity contribution is 0.195. The molecule has 0 aliphatic rings. The second-order valence-electron chi connectivity index (χ2n) is 4.22. The number of aryl methyl sites for hydroxylation is 1. The number of rotatable bonds is 7. The van der Waals surface area contributed by atoms with Crippen LogP contribution < -0.4 is 5.32 Å². The fraction of sp³-hybridized carbons (Fsp3) is 0.750. The first-order valence-electron chi connectivity index (χ1n) is 6.05. The van der Waals surface area contributed by atoms with Gasteiger partial charge in [0.2, 0.25) is 0 Å². The molecule has 1 aromatic rings. The topological polar surface area (TPSA) is 39.1 Å². The standard InChI is InChI=1S/C12H22BrN3O/c1-5-16-12(11(13)8-15-16)9(2)10(3)14-6-7-17-4/h8-10,14H,5-7H2,1-4H3. The van der Waals surface area contributed by atoms with Crippen molar-refractivity contribution in [3.05, 3.63) is 16.4 Å². The van der Waals surface area contributed by atoms with E-state index in [0.29, 0.717) is 12.0 Å². The van der Waals surface area contributed by atoms with Gasteiger partial charge in [-0.05, 0) is 29.8 Å². The molecule has 0 aliphatic carbocycles. The number of nitrogens with zero attached hydrogens (tertiary/aromatic N) is 2. The van der Waals surface area contributed by atoms with E-state index >= 15 is 0 Å². The Morgan fingerprint density at radius 1 is 1.53 bits per heavy atom. The van der Waals surface area contributed by atoms with Gasteiger partial charge in [0, 0.05) is 32.2 Å². The molecule has 1 rings (SSSR count). The summed E-state index contributed by atoms with van der Waals surface area (Å²) in [7, 11) is 1.72. The van der Waals surface area contributed by atoms with E-state index in [1.165, 1.54) is 5.69 Å². The fourth-order valence-corrected chi connectivity index (χ4v) is 2.54. The van der Waals surface area contributed by atoms with Gasteiger partial charge in [-0.2, -0.15) is 5.10 Å². The van der Waals surface area contributed by atoms with Crippen LogP contribution in [0.4, 0.5) is 0 Å². The van der Waals surface area contributed by atoms with Crippen LogP contribution in [0, 0.1) is 0 Å². The summed E-state index contributed by atoms with van der Waals surface area (Å²) >= 11 is 3.57. The highest BCUT2D eigenvalue weighted by atomic mass is 79.9. The summed E-state index contributed by atoms with van der Waals surface area (Å²) in [5.41, 5.74) is 1.25. The zero-order chi connectivity index (χ0) is 12.8. The second kappa shape index (κ2) is 7.13. The summed E-state index contributed by atoms with van der Waals surface area (Å²) in [6.45, 7) is 9.04. The molecule has 0 amide bonds. The van der Waals surface area contributed by atoms with E-state index in [1.807, 2.05) is 10.9 Å². The van der Waals surface area contributed by atoms with Gasteiger partial charge >= 0.3 is 0 Å². The Morgan fingerprint density at radius 3 is 2.82 bits per heavy atom. The van der Waals surface area contributed by atoms with Gasteiger partial charge in [0.1, 0.15) is 0 Å². The molecule has 5 heteroatoms. The molecular weight excluding hydrogens is 282 g/mol. The Bertz CT molecular complexity index is 340. The van der Waals surface area contributed by atoms with Gasteiger partial charge < -0.3 is 10.1 Å². The van der Waals surface area contributed by atoms with E-state index in [2.05, 4.69) is 47.1 Å². The lowest BCUT2D eigenvalue weighted by Gasteiger charge is -2.22. The van der Waals surface area contributed by atoms with Crippen LogP contribution in [0.15, 0.2) is 10.7 Å². The van der Waals surface area contributed by atoms with Crippen LogP contribution in [0.1, 0.15) is 32.4 Å². The highest BCUT2D eigenvalue weighted by molar-refractivity contribution is 9.10. The van der Waals surface area contributed by atoms with Gasteiger partial charge in [-0.1, -0.05) is 6.92 Å². The van der Waals surface area contributed by atoms with Crippen LogP contribution in [0.25, 0.3) is 0 Å². The van der Waals surface area contributed by atoms with Gasteiger partial charge in [-0.15, -0.1) is 0 Å². The average molecular weight is 304 g/mol. The van der Waals surface area contributed by atoms with Crippen LogP contribution in [0.3, 0.4) is 0 Å². The molecule has 1 heterocycles. The Morgan fingerprint density at radius 2 is 2.24 bits per heavy atom. The molecule has 2 unspecified atom stereocenters. The smallest absolute Gasteiger partial charge is 0.0635 e. The Balaban J connectivity index is 2.67. The van der Waals surface area contributed by atoms with E-state index in [0.717, 1.165) is 24.2 Å². The molecular formula is C12H22BrN3O. The minimum atomic E-state index is 0.392. The maximum atomic E-state index is 5.04. The van der Waals surface area contributed by atoms with Gasteiger partial charge in [-0.3, -0.25) is 4.68 Å². The third kappa shape index (κ3) is 3.79. The van der Waals surface area contributed by atoms with E-state index in [9.17, 15) is 0 Å². The molecule has 2 atom stereocenters. The molecule has 1 N–H and O–H groups in total. The van der Waals surface area contributed by atoms with Crippen molar-refractivity contribution >= 4 is 15.9 Å². The predicted octanol–water partition coefficient (Wildman–Crippen LogP) is 2.39. The normalized spacial score (nSPS) is 14.9. The number of nitrogens with one attached hydrogen (secondary N) is 1. The lowest BCUT2D eigenvalue weighted by atomic mass is 9.99. The summed E-state index contributed by atoms with van der Waals surface area (Å²) in [4.78, 5) is 0. The Hall–Kier alpha value is -0.390. The van der Waals surface area contributed by atoms with Crippen molar-refractivity contribution in [3.8, 4) is 0 Å². The predicted molar refractivity (Wildman–Crippen MR) is 73.4 cm³/mol. The summed E-state index contributed by atoms with van der Waals surface area (Å²) < 4.78 is 8.18. The molecule has 0 aromatic carbocycles. The third-order valence-electron chi connectivity index (χ3n) is 3.09. The molecule has 17 heavy (non-hydrogen) atoms. The fourth-order valence-electron chi connectivity index (χ4n) is 1.88. The van der Waals surface area contributed by atoms with Crippen LogP contribution >= 0.6 is 15.9 Å². The molecule has 0 saturated carbocycles. The van der Waals surface area contributed by atoms with Crippen molar-refractivity contribution in [3.63, 3.8) is 0 Å². The maximum Gasteiger partial charge on any atom is 0.0635 e. The minimum Gasteiger partial charge on any atom is -0.383 e. The average Bonchev–Trinajstić information content (AvgIpc) is 2.69. The zero-order valence-electron chi connectivity index (χ0n) is 11.0. The molecule has 0 radical (unpaired) electrons. The molecule has 4 nitrogen and oxygen atoms in total. The highest BCUT2D eigenvalue weighted by Gasteiger charge is 2.20. The van der Waals surface area contributed by atoms with Crippen molar-refractivity contribution in [2.45, 2.75) is 39.3 Å². The first-order valence-corrected chi connectivity index (χ1v) is 6.84. The molecule has 0 saturated heterocycles. The molecule has 1 aromatic heterocycles. The second-order valence-corrected chi connectivity index (χ2v) is 5.07. The number of aromatic nitrogens is 2. The number of hydrogen-bond donors (Lipinski definition) is 1. The van der Waals surface area contributed by atoms with E-state index in [1.54, 1.807) is 7.11 Å². The number of methoxy groups -OCH3 is 1. The summed E-state index contributed by atoms with van der Waals surface area (Å²) in [6, 6.07) is 0.392. The monoisotopic (exact) mass is 303 g/mol. The highest BCUT2D eigenvalue weighted by Crippen LogP contribution is 2.27. The van der Waals surface area contributed by atoms with Gasteiger partial charge in [0.15, 0.2) is 0 Å². The number of ether oxygens (including phenoxy) is 1. The molecule has 0 bridgehead atoms. The number of hydrogen-bond acceptors (Lipinski definition) is 3. The Labute approximate surface area is 112 Å². The van der Waals surface area contributed by atoms with Gasteiger partial charge in [0.05, 0.1) is 23.0 Å². The van der Waals surface area contributed by atoms with Crippen LogP contribution in [-0.4, -0.2) is 36.1 Å². The van der Waals surface area contributed by atoms with Crippen molar-refractivity contribution in [1.29, 1.82) is 0 Å². The summed E-state index contributed by atoms with van der Waals surface area (Å²) in [5, 5.41) is 7.81. The van der Waals surface area contributed by atoms with E-state index < -0.39 is 0 Å². The maximum absolute atomic E-state index is 5.04. The molecule has 0 spiro atoms. The van der Waals surface area contributed by atoms with Crippen LogP contribution in [0.2, 0.25) is 0 Å². The number of halogens is 1. The first kappa shape index (κ1) is 14.7. The summed E-state index contributed by atoms with van der Waals surface area (Å²) in [6.07, 6.45) is 1.87. The third-order valence-corrected chi connectivity index (χ3v) is 3.70. The Kier molecular flexibility index (Phi) is 6.16. The van der Waals surface area contributed by atoms with Crippen molar-refractivity contribution in [1.82, 2.24) is 15.1 Å². The molecule has 0 aliphatic heterocycles. The van der Waals surface area contributed by atoms with E-state index in [4.69, 9.17) is 4.74 Å². The largest absolute Gasteiger partial charge is 0.383 e. The molecule has 0 fully saturated rings. The van der Waals surface area contributed by atoms with Gasteiger partial charge in [0.25, 0.3) is 0 Å². The van der Waals surface area contributed by atoms with Crippen LogP contribution in [0.5, 0.6) is 0 Å².